The van der Waals surface area contributed by atoms with Crippen LogP contribution in [-0.2, 0) is 16.4 Å². The number of sulfonamides is 1. The lowest BCUT2D eigenvalue weighted by Gasteiger charge is -2.07. The molecule has 2 rings (SSSR count). The average molecular weight is 332 g/mol. The Bertz CT molecular complexity index is 747. The summed E-state index contributed by atoms with van der Waals surface area (Å²) in [7, 11) is -3.84. The van der Waals surface area contributed by atoms with E-state index in [1.54, 1.807) is 0 Å². The first kappa shape index (κ1) is 15.4. The highest BCUT2D eigenvalue weighted by Crippen LogP contribution is 2.20. The lowest BCUT2D eigenvalue weighted by atomic mass is 10.2. The molecule has 0 fully saturated rings. The number of hydrogen-bond acceptors (Lipinski definition) is 6. The van der Waals surface area contributed by atoms with Gasteiger partial charge < -0.3 is 5.11 Å². The number of aromatic carboxylic acids is 1. The molecular formula is C10H10ClN5O4S. The summed E-state index contributed by atoms with van der Waals surface area (Å²) in [6.07, 6.45) is 0.245. The van der Waals surface area contributed by atoms with E-state index in [-0.39, 0.29) is 28.4 Å². The molecule has 0 radical (unpaired) electrons. The molecule has 0 aliphatic carbocycles. The second kappa shape index (κ2) is 6.16. The monoisotopic (exact) mass is 331 g/mol. The van der Waals surface area contributed by atoms with Crippen molar-refractivity contribution in [2.24, 2.45) is 0 Å². The van der Waals surface area contributed by atoms with Gasteiger partial charge in [0.25, 0.3) is 0 Å². The molecule has 0 bridgehead atoms. The standard InChI is InChI=1S/C10H10ClN5O4S/c11-8-2-1-6(5-7(8)10(17)18)21(19,20)12-4-3-9-13-15-16-14-9/h1-2,5,12H,3-4H2,(H,17,18)(H,13,14,15,16). The number of aromatic amines is 1. The van der Waals surface area contributed by atoms with Crippen LogP contribution >= 0.6 is 11.6 Å². The van der Waals surface area contributed by atoms with Crippen molar-refractivity contribution in [3.8, 4) is 0 Å². The molecule has 1 aromatic heterocycles. The van der Waals surface area contributed by atoms with Crippen molar-refractivity contribution in [1.82, 2.24) is 25.3 Å². The van der Waals surface area contributed by atoms with Gasteiger partial charge >= 0.3 is 5.97 Å². The molecule has 0 saturated carbocycles. The lowest BCUT2D eigenvalue weighted by molar-refractivity contribution is 0.0697. The highest BCUT2D eigenvalue weighted by atomic mass is 35.5. The molecule has 0 atom stereocenters. The Morgan fingerprint density at radius 1 is 1.43 bits per heavy atom. The minimum absolute atomic E-state index is 0.0340. The van der Waals surface area contributed by atoms with Crippen molar-refractivity contribution in [2.45, 2.75) is 11.3 Å². The van der Waals surface area contributed by atoms with E-state index in [2.05, 4.69) is 25.3 Å². The Morgan fingerprint density at radius 2 is 2.19 bits per heavy atom. The molecule has 9 nitrogen and oxygen atoms in total. The Kier molecular flexibility index (Phi) is 4.50. The fraction of sp³-hybridized carbons (Fsp3) is 0.200. The molecule has 0 aliphatic rings. The molecular weight excluding hydrogens is 322 g/mol. The molecule has 0 amide bonds. The third-order valence-corrected chi connectivity index (χ3v) is 4.30. The lowest BCUT2D eigenvalue weighted by Crippen LogP contribution is -2.26. The predicted octanol–water partition coefficient (Wildman–Crippen LogP) is 0.0723. The van der Waals surface area contributed by atoms with Gasteiger partial charge in [-0.05, 0) is 18.2 Å². The van der Waals surface area contributed by atoms with Gasteiger partial charge in [0.15, 0.2) is 5.82 Å². The maximum Gasteiger partial charge on any atom is 0.337 e. The Balaban J connectivity index is 2.12. The Hall–Kier alpha value is -2.04. The van der Waals surface area contributed by atoms with Gasteiger partial charge in [-0.1, -0.05) is 16.8 Å². The highest BCUT2D eigenvalue weighted by Gasteiger charge is 2.18. The van der Waals surface area contributed by atoms with E-state index in [0.29, 0.717) is 5.82 Å². The molecule has 0 unspecified atom stereocenters. The molecule has 21 heavy (non-hydrogen) atoms. The number of benzene rings is 1. The quantitative estimate of drug-likeness (QED) is 0.681. The van der Waals surface area contributed by atoms with Crippen LogP contribution in [0.5, 0.6) is 0 Å². The van der Waals surface area contributed by atoms with E-state index < -0.39 is 16.0 Å². The molecule has 0 spiro atoms. The number of hydrogen-bond donors (Lipinski definition) is 3. The summed E-state index contributed by atoms with van der Waals surface area (Å²) in [5.41, 5.74) is -0.280. The average Bonchev–Trinajstić information content (AvgIpc) is 2.91. The van der Waals surface area contributed by atoms with Gasteiger partial charge in [-0.15, -0.1) is 10.2 Å². The van der Waals surface area contributed by atoms with Crippen molar-refractivity contribution < 1.29 is 18.3 Å². The van der Waals surface area contributed by atoms with Crippen LogP contribution in [0.4, 0.5) is 0 Å². The summed E-state index contributed by atoms with van der Waals surface area (Å²) in [6.45, 7) is 0.0485. The molecule has 11 heteroatoms. The minimum Gasteiger partial charge on any atom is -0.478 e. The Labute approximate surface area is 124 Å². The number of aromatic nitrogens is 4. The molecule has 112 valence electrons. The third-order valence-electron chi connectivity index (χ3n) is 2.51. The van der Waals surface area contributed by atoms with Gasteiger partial charge in [-0.3, -0.25) is 0 Å². The zero-order valence-corrected chi connectivity index (χ0v) is 12.0. The van der Waals surface area contributed by atoms with E-state index in [1.165, 1.54) is 12.1 Å². The van der Waals surface area contributed by atoms with Crippen LogP contribution in [0.2, 0.25) is 5.02 Å². The van der Waals surface area contributed by atoms with Gasteiger partial charge in [0.1, 0.15) is 0 Å². The third kappa shape index (κ3) is 3.74. The molecule has 0 saturated heterocycles. The molecule has 3 N–H and O–H groups in total. The predicted molar refractivity (Wildman–Crippen MR) is 71.5 cm³/mol. The number of halogens is 1. The van der Waals surface area contributed by atoms with Gasteiger partial charge in [-0.2, -0.15) is 5.21 Å². The van der Waals surface area contributed by atoms with Crippen molar-refractivity contribution >= 4 is 27.6 Å². The van der Waals surface area contributed by atoms with Gasteiger partial charge in [0.2, 0.25) is 10.0 Å². The van der Waals surface area contributed by atoms with E-state index in [1.807, 2.05) is 0 Å². The van der Waals surface area contributed by atoms with Crippen LogP contribution in [0.15, 0.2) is 23.1 Å². The first-order chi connectivity index (χ1) is 9.90. The fourth-order valence-corrected chi connectivity index (χ4v) is 2.76. The number of nitrogens with one attached hydrogen (secondary N) is 2. The number of H-pyrrole nitrogens is 1. The van der Waals surface area contributed by atoms with Crippen LogP contribution in [0.3, 0.4) is 0 Å². The van der Waals surface area contributed by atoms with Crippen molar-refractivity contribution in [1.29, 1.82) is 0 Å². The molecule has 1 heterocycles. The van der Waals surface area contributed by atoms with Gasteiger partial charge in [-0.25, -0.2) is 17.9 Å². The molecule has 0 aliphatic heterocycles. The fourth-order valence-electron chi connectivity index (χ4n) is 1.50. The largest absolute Gasteiger partial charge is 0.478 e. The van der Waals surface area contributed by atoms with E-state index in [0.717, 1.165) is 6.07 Å². The van der Waals surface area contributed by atoms with Crippen molar-refractivity contribution in [3.63, 3.8) is 0 Å². The number of carboxylic acid groups (broad SMARTS) is 1. The van der Waals surface area contributed by atoms with E-state index in [9.17, 15) is 13.2 Å². The SMILES string of the molecule is O=C(O)c1cc(S(=O)(=O)NCCc2nn[nH]n2)ccc1Cl. The summed E-state index contributed by atoms with van der Waals surface area (Å²) in [5, 5.41) is 21.8. The topological polar surface area (TPSA) is 138 Å². The molecule has 2 aromatic rings. The summed E-state index contributed by atoms with van der Waals surface area (Å²) in [5.74, 6) is -0.941. The van der Waals surface area contributed by atoms with Crippen molar-refractivity contribution in [2.75, 3.05) is 6.54 Å². The second-order valence-corrected chi connectivity index (χ2v) is 6.10. The van der Waals surface area contributed by atoms with Crippen LogP contribution in [0.1, 0.15) is 16.2 Å². The number of tetrazole rings is 1. The minimum atomic E-state index is -3.84. The number of carboxylic acids is 1. The summed E-state index contributed by atoms with van der Waals surface area (Å²) < 4.78 is 26.4. The highest BCUT2D eigenvalue weighted by molar-refractivity contribution is 7.89. The first-order valence-electron chi connectivity index (χ1n) is 5.65. The first-order valence-corrected chi connectivity index (χ1v) is 7.51. The van der Waals surface area contributed by atoms with Crippen LogP contribution < -0.4 is 4.72 Å². The number of nitrogens with zero attached hydrogens (tertiary/aromatic N) is 3. The van der Waals surface area contributed by atoms with E-state index >= 15 is 0 Å². The van der Waals surface area contributed by atoms with Crippen LogP contribution in [0, 0.1) is 0 Å². The Morgan fingerprint density at radius 3 is 2.81 bits per heavy atom. The van der Waals surface area contributed by atoms with Gasteiger partial charge in [0.05, 0.1) is 15.5 Å². The zero-order valence-electron chi connectivity index (χ0n) is 10.4. The maximum absolute atomic E-state index is 12.0. The van der Waals surface area contributed by atoms with Crippen molar-refractivity contribution in [3.05, 3.63) is 34.6 Å². The summed E-state index contributed by atoms with van der Waals surface area (Å²) in [6, 6.07) is 3.45. The molecule has 1 aromatic carbocycles. The smallest absolute Gasteiger partial charge is 0.337 e. The zero-order chi connectivity index (χ0) is 15.5. The number of rotatable bonds is 6. The normalized spacial score (nSPS) is 11.5. The van der Waals surface area contributed by atoms with Crippen LogP contribution in [-0.4, -0.2) is 46.7 Å². The summed E-state index contributed by atoms with van der Waals surface area (Å²) in [4.78, 5) is 10.8. The second-order valence-electron chi connectivity index (χ2n) is 3.92. The van der Waals surface area contributed by atoms with Gasteiger partial charge in [0, 0.05) is 13.0 Å². The van der Waals surface area contributed by atoms with E-state index in [4.69, 9.17) is 16.7 Å². The summed E-state index contributed by atoms with van der Waals surface area (Å²) >= 11 is 5.69. The van der Waals surface area contributed by atoms with Crippen LogP contribution in [0.25, 0.3) is 0 Å². The maximum atomic E-state index is 12.0. The number of carbonyl (C=O) groups is 1.